The summed E-state index contributed by atoms with van der Waals surface area (Å²) >= 11 is 0. The van der Waals surface area contributed by atoms with Gasteiger partial charge >= 0.3 is 0 Å². The summed E-state index contributed by atoms with van der Waals surface area (Å²) < 4.78 is 0. The van der Waals surface area contributed by atoms with Crippen molar-refractivity contribution in [1.82, 2.24) is 10.5 Å². The van der Waals surface area contributed by atoms with Gasteiger partial charge in [0.2, 0.25) is 0 Å². The Morgan fingerprint density at radius 3 is 1.50 bits per heavy atom. The molecule has 0 rings (SSSR count). The summed E-state index contributed by atoms with van der Waals surface area (Å²) in [6.07, 6.45) is 0. The highest BCUT2D eigenvalue weighted by molar-refractivity contribution is 6.73. The second-order valence-electron chi connectivity index (χ2n) is 4.75. The normalized spacial score (nSPS) is 13.8. The van der Waals surface area contributed by atoms with E-state index in [-0.39, 0.29) is 5.54 Å². The predicted octanol–water partition coefficient (Wildman–Crippen LogP) is 1.71. The minimum absolute atomic E-state index is 0.181. The van der Waals surface area contributed by atoms with Gasteiger partial charge in [-0.15, -0.1) is 0 Å². The first-order chi connectivity index (χ1) is 4.21. The van der Waals surface area contributed by atoms with Crippen LogP contribution in [0.1, 0.15) is 20.8 Å². The lowest BCUT2D eigenvalue weighted by molar-refractivity contribution is 0.405. The molecule has 2 nitrogen and oxygen atoms in total. The summed E-state index contributed by atoms with van der Waals surface area (Å²) in [5, 5.41) is 3.35. The van der Waals surface area contributed by atoms with E-state index in [0.717, 1.165) is 0 Å². The molecule has 0 aliphatic heterocycles. The van der Waals surface area contributed by atoms with Gasteiger partial charge in [-0.25, -0.2) is 0 Å². The van der Waals surface area contributed by atoms with Crippen molar-refractivity contribution in [1.29, 1.82) is 0 Å². The molecule has 0 heterocycles. The van der Waals surface area contributed by atoms with E-state index in [1.165, 1.54) is 0 Å². The van der Waals surface area contributed by atoms with Crippen LogP contribution < -0.4 is 10.5 Å². The zero-order chi connectivity index (χ0) is 8.41. The first kappa shape index (κ1) is 10.1. The molecule has 0 aromatic rings. The average molecular weight is 160 g/mol. The lowest BCUT2D eigenvalue weighted by atomic mass is 10.1. The summed E-state index contributed by atoms with van der Waals surface area (Å²) in [5.41, 5.74) is 3.45. The highest BCUT2D eigenvalue weighted by Crippen LogP contribution is 1.98. The first-order valence-electron chi connectivity index (χ1n) is 3.75. The van der Waals surface area contributed by atoms with E-state index < -0.39 is 8.24 Å². The fourth-order valence-electron chi connectivity index (χ4n) is 0.375. The minimum atomic E-state index is -1.13. The Morgan fingerprint density at radius 2 is 1.40 bits per heavy atom. The molecule has 0 saturated heterocycles. The van der Waals surface area contributed by atoms with E-state index in [2.05, 4.69) is 50.9 Å². The number of nitrogens with one attached hydrogen (secondary N) is 2. The van der Waals surface area contributed by atoms with E-state index in [0.29, 0.717) is 0 Å². The number of hydrogen-bond acceptors (Lipinski definition) is 2. The fraction of sp³-hybridized carbons (Fsp3) is 1.00. The molecule has 2 N–H and O–H groups in total. The molecular formula is C7H20N2Si. The smallest absolute Gasteiger partial charge is 0.132 e. The summed E-state index contributed by atoms with van der Waals surface area (Å²) in [6.45, 7) is 13.3. The van der Waals surface area contributed by atoms with Crippen LogP contribution in [0, 0.1) is 0 Å². The maximum absolute atomic E-state index is 3.35. The van der Waals surface area contributed by atoms with Crippen molar-refractivity contribution in [3.63, 3.8) is 0 Å². The maximum Gasteiger partial charge on any atom is 0.132 e. The molecule has 0 atom stereocenters. The van der Waals surface area contributed by atoms with Crippen LogP contribution >= 0.6 is 0 Å². The summed E-state index contributed by atoms with van der Waals surface area (Å²) in [4.78, 5) is 0. The van der Waals surface area contributed by atoms with E-state index in [9.17, 15) is 0 Å². The van der Waals surface area contributed by atoms with Crippen molar-refractivity contribution >= 4 is 8.24 Å². The van der Waals surface area contributed by atoms with Crippen molar-refractivity contribution in [2.45, 2.75) is 46.0 Å². The Labute approximate surface area is 65.5 Å². The van der Waals surface area contributed by atoms with Crippen LogP contribution in [-0.4, -0.2) is 13.8 Å². The lowest BCUT2D eigenvalue weighted by Crippen LogP contribution is -2.56. The Bertz CT molecular complexity index is 85.2. The second kappa shape index (κ2) is 3.03. The molecule has 0 aromatic heterocycles. The lowest BCUT2D eigenvalue weighted by Gasteiger charge is -2.27. The summed E-state index contributed by atoms with van der Waals surface area (Å²) in [5.74, 6) is 0. The molecule has 10 heavy (non-hydrogen) atoms. The Kier molecular flexibility index (Phi) is 3.07. The molecule has 0 saturated carbocycles. The van der Waals surface area contributed by atoms with Crippen LogP contribution in [0.15, 0.2) is 0 Å². The zero-order valence-electron chi connectivity index (χ0n) is 8.00. The van der Waals surface area contributed by atoms with Crippen LogP contribution in [0.5, 0.6) is 0 Å². The largest absolute Gasteiger partial charge is 0.279 e. The molecule has 0 fully saturated rings. The quantitative estimate of drug-likeness (QED) is 0.475. The van der Waals surface area contributed by atoms with Crippen LogP contribution in [0.2, 0.25) is 19.6 Å². The van der Waals surface area contributed by atoms with E-state index in [1.54, 1.807) is 0 Å². The van der Waals surface area contributed by atoms with Crippen LogP contribution in [0.4, 0.5) is 0 Å². The molecule has 0 bridgehead atoms. The van der Waals surface area contributed by atoms with Crippen molar-refractivity contribution in [3.8, 4) is 0 Å². The fourth-order valence-corrected chi connectivity index (χ4v) is 1.12. The molecule has 3 heteroatoms. The SMILES string of the molecule is CC(C)(C)NN[Si](C)(C)C. The Hall–Kier alpha value is 0.137. The highest BCUT2D eigenvalue weighted by Gasteiger charge is 2.16. The molecule has 0 spiro atoms. The molecule has 0 aliphatic rings. The number of hydrogen-bond donors (Lipinski definition) is 2. The number of hydrazine groups is 1. The molecule has 0 aromatic carbocycles. The maximum atomic E-state index is 3.35. The van der Waals surface area contributed by atoms with Crippen molar-refractivity contribution in [2.24, 2.45) is 0 Å². The van der Waals surface area contributed by atoms with Gasteiger partial charge in [0.15, 0.2) is 0 Å². The van der Waals surface area contributed by atoms with Crippen molar-refractivity contribution in [3.05, 3.63) is 0 Å². The summed E-state index contributed by atoms with van der Waals surface area (Å²) in [6, 6.07) is 0. The average Bonchev–Trinajstić information content (AvgIpc) is 1.57. The Morgan fingerprint density at radius 1 is 1.00 bits per heavy atom. The van der Waals surface area contributed by atoms with Crippen LogP contribution in [0.25, 0.3) is 0 Å². The minimum Gasteiger partial charge on any atom is -0.279 e. The molecule has 0 aliphatic carbocycles. The predicted molar refractivity (Wildman–Crippen MR) is 49.4 cm³/mol. The van der Waals surface area contributed by atoms with Gasteiger partial charge in [0.05, 0.1) is 0 Å². The topological polar surface area (TPSA) is 24.1 Å². The summed E-state index contributed by atoms with van der Waals surface area (Å²) in [7, 11) is -1.13. The Balaban J connectivity index is 3.56. The van der Waals surface area contributed by atoms with Crippen LogP contribution in [0.3, 0.4) is 0 Å². The van der Waals surface area contributed by atoms with Gasteiger partial charge in [-0.1, -0.05) is 19.6 Å². The van der Waals surface area contributed by atoms with Gasteiger partial charge in [-0.05, 0) is 20.8 Å². The van der Waals surface area contributed by atoms with Gasteiger partial charge in [0.1, 0.15) is 8.24 Å². The molecule has 0 unspecified atom stereocenters. The third kappa shape index (κ3) is 8.14. The molecule has 62 valence electrons. The van der Waals surface area contributed by atoms with Crippen LogP contribution in [-0.2, 0) is 0 Å². The third-order valence-electron chi connectivity index (χ3n) is 0.812. The van der Waals surface area contributed by atoms with E-state index in [4.69, 9.17) is 0 Å². The second-order valence-corrected chi connectivity index (χ2v) is 9.50. The van der Waals surface area contributed by atoms with Gasteiger partial charge in [-0.3, -0.25) is 10.5 Å². The monoisotopic (exact) mass is 160 g/mol. The molecule has 0 amide bonds. The number of rotatable bonds is 2. The van der Waals surface area contributed by atoms with Crippen molar-refractivity contribution < 1.29 is 0 Å². The van der Waals surface area contributed by atoms with Gasteiger partial charge in [-0.2, -0.15) is 0 Å². The molecule has 0 radical (unpaired) electrons. The van der Waals surface area contributed by atoms with Gasteiger partial charge < -0.3 is 0 Å². The van der Waals surface area contributed by atoms with Gasteiger partial charge in [0, 0.05) is 5.54 Å². The van der Waals surface area contributed by atoms with E-state index >= 15 is 0 Å². The zero-order valence-corrected chi connectivity index (χ0v) is 9.00. The van der Waals surface area contributed by atoms with Crippen molar-refractivity contribution in [2.75, 3.05) is 0 Å². The van der Waals surface area contributed by atoms with Gasteiger partial charge in [0.25, 0.3) is 0 Å². The first-order valence-corrected chi connectivity index (χ1v) is 7.25. The van der Waals surface area contributed by atoms with E-state index in [1.807, 2.05) is 0 Å². The standard InChI is InChI=1S/C7H20N2Si/c1-7(2,3)8-9-10(4,5)6/h8-9H,1-6H3. The highest BCUT2D eigenvalue weighted by atomic mass is 28.3. The molecular weight excluding hydrogens is 140 g/mol. The third-order valence-corrected chi connectivity index (χ3v) is 1.69.